The Kier molecular flexibility index (Phi) is 3.21. The van der Waals surface area contributed by atoms with Crippen molar-refractivity contribution in [1.82, 2.24) is 4.98 Å². The Morgan fingerprint density at radius 1 is 1.64 bits per heavy atom. The molecule has 60 valence electrons. The minimum Gasteiger partial charge on any atom is -0.261 e. The lowest BCUT2D eigenvalue weighted by Gasteiger charge is -2.05. The van der Waals surface area contributed by atoms with E-state index in [0.29, 0.717) is 5.88 Å². The summed E-state index contributed by atoms with van der Waals surface area (Å²) in [6, 6.07) is 2.00. The standard InChI is InChI=1S/C8H10ClNS/c1-6-7(5-9)8(11-2)3-4-10-6/h3-4H,5H2,1-2H3. The molecule has 0 saturated carbocycles. The van der Waals surface area contributed by atoms with Gasteiger partial charge in [-0.3, -0.25) is 4.98 Å². The third-order valence-electron chi connectivity index (χ3n) is 1.58. The summed E-state index contributed by atoms with van der Waals surface area (Å²) in [6.07, 6.45) is 3.86. The monoisotopic (exact) mass is 187 g/mol. The molecule has 0 atom stereocenters. The maximum atomic E-state index is 5.76. The summed E-state index contributed by atoms with van der Waals surface area (Å²) in [7, 11) is 0. The van der Waals surface area contributed by atoms with Crippen molar-refractivity contribution in [2.24, 2.45) is 0 Å². The second-order valence-electron chi connectivity index (χ2n) is 2.21. The number of aryl methyl sites for hydroxylation is 1. The molecule has 0 aliphatic carbocycles. The zero-order valence-corrected chi connectivity index (χ0v) is 8.17. The van der Waals surface area contributed by atoms with Crippen molar-refractivity contribution in [3.8, 4) is 0 Å². The van der Waals surface area contributed by atoms with E-state index in [0.717, 1.165) is 11.3 Å². The van der Waals surface area contributed by atoms with Crippen molar-refractivity contribution < 1.29 is 0 Å². The SMILES string of the molecule is CSc1ccnc(C)c1CCl. The molecule has 0 radical (unpaired) electrons. The predicted octanol–water partition coefficient (Wildman–Crippen LogP) is 2.85. The van der Waals surface area contributed by atoms with E-state index in [9.17, 15) is 0 Å². The lowest BCUT2D eigenvalue weighted by molar-refractivity contribution is 1.08. The first-order chi connectivity index (χ1) is 5.29. The minimum atomic E-state index is 0.551. The van der Waals surface area contributed by atoms with Crippen LogP contribution in [0.25, 0.3) is 0 Å². The van der Waals surface area contributed by atoms with Crippen LogP contribution in [0.4, 0.5) is 0 Å². The Bertz CT molecular complexity index is 250. The van der Waals surface area contributed by atoms with Crippen LogP contribution >= 0.6 is 23.4 Å². The fourth-order valence-electron chi connectivity index (χ4n) is 0.927. The average Bonchev–Trinajstić information content (AvgIpc) is 2.04. The molecule has 0 amide bonds. The molecule has 0 aliphatic rings. The summed E-state index contributed by atoms with van der Waals surface area (Å²) in [5.41, 5.74) is 2.19. The number of pyridine rings is 1. The van der Waals surface area contributed by atoms with E-state index in [2.05, 4.69) is 4.98 Å². The van der Waals surface area contributed by atoms with Crippen molar-refractivity contribution >= 4 is 23.4 Å². The van der Waals surface area contributed by atoms with Crippen molar-refractivity contribution in [2.45, 2.75) is 17.7 Å². The van der Waals surface area contributed by atoms with E-state index < -0.39 is 0 Å². The summed E-state index contributed by atoms with van der Waals surface area (Å²) in [4.78, 5) is 5.39. The van der Waals surface area contributed by atoms with Crippen molar-refractivity contribution in [2.75, 3.05) is 6.26 Å². The van der Waals surface area contributed by atoms with Gasteiger partial charge < -0.3 is 0 Å². The first-order valence-corrected chi connectivity index (χ1v) is 5.10. The summed E-state index contributed by atoms with van der Waals surface area (Å²) in [5.74, 6) is 0.551. The lowest BCUT2D eigenvalue weighted by atomic mass is 10.2. The molecule has 0 N–H and O–H groups in total. The van der Waals surface area contributed by atoms with E-state index in [1.165, 1.54) is 4.90 Å². The fourth-order valence-corrected chi connectivity index (χ4v) is 2.01. The van der Waals surface area contributed by atoms with Gasteiger partial charge in [0.05, 0.1) is 5.88 Å². The predicted molar refractivity (Wildman–Crippen MR) is 50.3 cm³/mol. The summed E-state index contributed by atoms with van der Waals surface area (Å²) < 4.78 is 0. The molecule has 0 saturated heterocycles. The molecule has 0 fully saturated rings. The first kappa shape index (κ1) is 8.88. The van der Waals surface area contributed by atoms with E-state index in [4.69, 9.17) is 11.6 Å². The van der Waals surface area contributed by atoms with Crippen molar-refractivity contribution in [3.63, 3.8) is 0 Å². The molecule has 1 heterocycles. The zero-order chi connectivity index (χ0) is 8.27. The number of hydrogen-bond donors (Lipinski definition) is 0. The van der Waals surface area contributed by atoms with Gasteiger partial charge in [0.2, 0.25) is 0 Å². The Hall–Kier alpha value is -0.210. The highest BCUT2D eigenvalue weighted by atomic mass is 35.5. The second-order valence-corrected chi connectivity index (χ2v) is 3.33. The molecule has 0 unspecified atom stereocenters. The number of halogens is 1. The normalized spacial score (nSPS) is 10.1. The molecule has 3 heteroatoms. The van der Waals surface area contributed by atoms with Crippen LogP contribution in [-0.4, -0.2) is 11.2 Å². The molecule has 1 aromatic rings. The number of thioether (sulfide) groups is 1. The third kappa shape index (κ3) is 1.88. The van der Waals surface area contributed by atoms with Gasteiger partial charge >= 0.3 is 0 Å². The molecular weight excluding hydrogens is 178 g/mol. The van der Waals surface area contributed by atoms with Gasteiger partial charge in [-0.05, 0) is 19.2 Å². The van der Waals surface area contributed by atoms with Gasteiger partial charge in [-0.2, -0.15) is 0 Å². The van der Waals surface area contributed by atoms with E-state index in [1.807, 2.05) is 25.4 Å². The molecule has 0 spiro atoms. The summed E-state index contributed by atoms with van der Waals surface area (Å²) in [5, 5.41) is 0. The quantitative estimate of drug-likeness (QED) is 0.522. The molecule has 11 heavy (non-hydrogen) atoms. The molecule has 1 aromatic heterocycles. The van der Waals surface area contributed by atoms with E-state index in [-0.39, 0.29) is 0 Å². The highest BCUT2D eigenvalue weighted by Gasteiger charge is 2.02. The molecule has 0 aromatic carbocycles. The topological polar surface area (TPSA) is 12.9 Å². The van der Waals surface area contributed by atoms with Gasteiger partial charge in [0.1, 0.15) is 0 Å². The fraction of sp³-hybridized carbons (Fsp3) is 0.375. The number of hydrogen-bond acceptors (Lipinski definition) is 2. The minimum absolute atomic E-state index is 0.551. The Morgan fingerprint density at radius 2 is 2.36 bits per heavy atom. The maximum Gasteiger partial charge on any atom is 0.0503 e. The number of aromatic nitrogens is 1. The van der Waals surface area contributed by atoms with Gasteiger partial charge in [-0.25, -0.2) is 0 Å². The van der Waals surface area contributed by atoms with Crippen LogP contribution in [0.5, 0.6) is 0 Å². The van der Waals surface area contributed by atoms with Crippen LogP contribution in [-0.2, 0) is 5.88 Å². The third-order valence-corrected chi connectivity index (χ3v) is 2.67. The van der Waals surface area contributed by atoms with Gasteiger partial charge in [0.25, 0.3) is 0 Å². The lowest BCUT2D eigenvalue weighted by Crippen LogP contribution is -1.91. The van der Waals surface area contributed by atoms with Crippen LogP contribution < -0.4 is 0 Å². The Balaban J connectivity index is 3.13. The van der Waals surface area contributed by atoms with Crippen LogP contribution in [0.3, 0.4) is 0 Å². The number of rotatable bonds is 2. The molecule has 0 aliphatic heterocycles. The van der Waals surface area contributed by atoms with Gasteiger partial charge in [0, 0.05) is 22.3 Å². The van der Waals surface area contributed by atoms with Gasteiger partial charge in [-0.15, -0.1) is 23.4 Å². The molecule has 1 rings (SSSR count). The number of alkyl halides is 1. The summed E-state index contributed by atoms with van der Waals surface area (Å²) in [6.45, 7) is 1.98. The average molecular weight is 188 g/mol. The van der Waals surface area contributed by atoms with Gasteiger partial charge in [0.15, 0.2) is 0 Å². The highest BCUT2D eigenvalue weighted by Crippen LogP contribution is 2.22. The van der Waals surface area contributed by atoms with Crippen LogP contribution in [0.2, 0.25) is 0 Å². The molecule has 1 nitrogen and oxygen atoms in total. The van der Waals surface area contributed by atoms with Crippen molar-refractivity contribution in [1.29, 1.82) is 0 Å². The van der Waals surface area contributed by atoms with Crippen LogP contribution in [0, 0.1) is 6.92 Å². The zero-order valence-electron chi connectivity index (χ0n) is 6.60. The van der Waals surface area contributed by atoms with Crippen LogP contribution in [0.15, 0.2) is 17.2 Å². The van der Waals surface area contributed by atoms with Crippen LogP contribution in [0.1, 0.15) is 11.3 Å². The highest BCUT2D eigenvalue weighted by molar-refractivity contribution is 7.98. The first-order valence-electron chi connectivity index (χ1n) is 3.34. The number of nitrogens with zero attached hydrogens (tertiary/aromatic N) is 1. The van der Waals surface area contributed by atoms with E-state index in [1.54, 1.807) is 11.8 Å². The molecule has 0 bridgehead atoms. The Labute approximate surface area is 76.2 Å². The summed E-state index contributed by atoms with van der Waals surface area (Å²) >= 11 is 7.47. The largest absolute Gasteiger partial charge is 0.261 e. The smallest absolute Gasteiger partial charge is 0.0503 e. The van der Waals surface area contributed by atoms with Crippen molar-refractivity contribution in [3.05, 3.63) is 23.5 Å². The molecular formula is C8H10ClNS. The maximum absolute atomic E-state index is 5.76. The van der Waals surface area contributed by atoms with E-state index >= 15 is 0 Å². The second kappa shape index (κ2) is 3.98. The Morgan fingerprint density at radius 3 is 2.82 bits per heavy atom. The van der Waals surface area contributed by atoms with Gasteiger partial charge in [-0.1, -0.05) is 0 Å².